The third kappa shape index (κ3) is 10.1. The Bertz CT molecular complexity index is 2590. The molecule has 3 aromatic carbocycles. The van der Waals surface area contributed by atoms with Crippen molar-refractivity contribution in [2.45, 2.75) is 121 Å². The zero-order valence-corrected chi connectivity index (χ0v) is 42.2. The standard InChI is InChI=1S/C51H55NO18.Na/c1-26-33(67-47(63)40(68-36(57)22-32(55)45(60)61)38(29-16-10-7-11-17-29)52-44(59)30-18-12-8-13-19-30)24-51(64)43(69-46(62)31-20-14-9-15-21-31)41-49(6,34(56)23-35-50(41,25-65-35)70-28(3)54)42(58)39(66-27(2)53)37(26)48(51,4)5;/h7-21,32-35,38-41,43,55-56,64H,22-25H2,1-6H3,(H,52,59)(H,60,61);/t32?,33-,34-,35+,38-,39+,40+,41-,43-,49+,50-,51+;/m0./s1. The topological polar surface area (TPSA) is 285 Å². The fourth-order valence-electron chi connectivity index (χ4n) is 10.7. The number of ether oxygens (including phenoxy) is 6. The van der Waals surface area contributed by atoms with Gasteiger partial charge in [-0.15, -0.1) is 0 Å². The molecule has 1 heterocycles. The number of hydrogen-bond donors (Lipinski definition) is 5. The number of rotatable bonds is 14. The van der Waals surface area contributed by atoms with Crippen molar-refractivity contribution in [3.63, 3.8) is 0 Å². The number of carbonyl (C=O) groups is 8. The largest absolute Gasteiger partial charge is 0.479 e. The van der Waals surface area contributed by atoms with Gasteiger partial charge in [-0.3, -0.25) is 24.0 Å². The van der Waals surface area contributed by atoms with E-state index in [1.807, 2.05) is 0 Å². The van der Waals surface area contributed by atoms with Crippen molar-refractivity contribution in [2.75, 3.05) is 6.61 Å². The first-order valence-corrected chi connectivity index (χ1v) is 22.6. The monoisotopic (exact) mass is 992 g/mol. The Morgan fingerprint density at radius 1 is 0.831 bits per heavy atom. The van der Waals surface area contributed by atoms with E-state index in [4.69, 9.17) is 28.4 Å². The van der Waals surface area contributed by atoms with E-state index in [-0.39, 0.29) is 70.4 Å². The van der Waals surface area contributed by atoms with Gasteiger partial charge in [0.2, 0.25) is 6.10 Å². The molecule has 19 nitrogen and oxygen atoms in total. The van der Waals surface area contributed by atoms with Crippen molar-refractivity contribution in [1.29, 1.82) is 0 Å². The number of aliphatic hydroxyl groups is 3. The minimum atomic E-state index is -2.54. The fourth-order valence-corrected chi connectivity index (χ4v) is 10.7. The molecule has 71 heavy (non-hydrogen) atoms. The molecule has 3 aliphatic carbocycles. The number of amides is 1. The van der Waals surface area contributed by atoms with Crippen LogP contribution in [0.15, 0.2) is 102 Å². The summed E-state index contributed by atoms with van der Waals surface area (Å²) in [5.74, 6) is -10.7. The van der Waals surface area contributed by atoms with Crippen molar-refractivity contribution < 1.29 is 87.2 Å². The summed E-state index contributed by atoms with van der Waals surface area (Å²) in [6.45, 7) is 7.54. The van der Waals surface area contributed by atoms with Crippen molar-refractivity contribution in [3.8, 4) is 0 Å². The van der Waals surface area contributed by atoms with Crippen LogP contribution in [-0.4, -0.2) is 158 Å². The van der Waals surface area contributed by atoms with Gasteiger partial charge in [-0.1, -0.05) is 80.6 Å². The summed E-state index contributed by atoms with van der Waals surface area (Å²) in [7, 11) is 0. The molecular formula is C51H55NNaO18. The van der Waals surface area contributed by atoms with Crippen LogP contribution >= 0.6 is 0 Å². The summed E-state index contributed by atoms with van der Waals surface area (Å²) in [5.41, 5.74) is -8.08. The van der Waals surface area contributed by atoms with Gasteiger partial charge in [-0.2, -0.15) is 0 Å². The molecule has 1 amide bonds. The summed E-state index contributed by atoms with van der Waals surface area (Å²) in [6.07, 6.45) is -14.8. The zero-order valence-electron chi connectivity index (χ0n) is 40.2. The number of benzene rings is 3. The van der Waals surface area contributed by atoms with Crippen LogP contribution in [0.2, 0.25) is 0 Å². The summed E-state index contributed by atoms with van der Waals surface area (Å²) < 4.78 is 36.1. The van der Waals surface area contributed by atoms with Crippen LogP contribution in [0.3, 0.4) is 0 Å². The first-order chi connectivity index (χ1) is 33.0. The molecule has 12 atom stereocenters. The molecule has 0 aromatic heterocycles. The first kappa shape index (κ1) is 54.5. The number of aliphatic hydroxyl groups excluding tert-OH is 2. The van der Waals surface area contributed by atoms with Crippen LogP contribution in [-0.2, 0) is 57.2 Å². The third-order valence-electron chi connectivity index (χ3n) is 14.4. The van der Waals surface area contributed by atoms with Gasteiger partial charge >= 0.3 is 35.8 Å². The number of hydrogen-bond acceptors (Lipinski definition) is 17. The molecule has 20 heteroatoms. The zero-order chi connectivity index (χ0) is 51.1. The Balaban J connectivity index is 0.00000825. The molecule has 7 rings (SSSR count). The van der Waals surface area contributed by atoms with E-state index in [0.29, 0.717) is 0 Å². The second kappa shape index (κ2) is 21.1. The van der Waals surface area contributed by atoms with Crippen LogP contribution in [0.25, 0.3) is 0 Å². The van der Waals surface area contributed by atoms with Crippen LogP contribution in [0.4, 0.5) is 0 Å². The van der Waals surface area contributed by atoms with E-state index in [0.717, 1.165) is 13.8 Å². The van der Waals surface area contributed by atoms with Gasteiger partial charge in [-0.25, -0.2) is 14.4 Å². The number of esters is 5. The van der Waals surface area contributed by atoms with Gasteiger partial charge in [0.15, 0.2) is 23.6 Å². The molecule has 373 valence electrons. The van der Waals surface area contributed by atoms with E-state index in [2.05, 4.69) is 5.32 Å². The second-order valence-corrected chi connectivity index (χ2v) is 18.9. The van der Waals surface area contributed by atoms with Crippen molar-refractivity contribution in [1.82, 2.24) is 5.32 Å². The quantitative estimate of drug-likeness (QED) is 0.0672. The summed E-state index contributed by atoms with van der Waals surface area (Å²) in [5, 5.41) is 48.3. The van der Waals surface area contributed by atoms with Crippen LogP contribution in [0.5, 0.6) is 0 Å². The van der Waals surface area contributed by atoms with Gasteiger partial charge in [0, 0.05) is 67.2 Å². The minimum Gasteiger partial charge on any atom is -0.479 e. The maximum absolute atomic E-state index is 15.7. The average molecular weight is 993 g/mol. The van der Waals surface area contributed by atoms with E-state index in [1.54, 1.807) is 54.6 Å². The molecule has 1 radical (unpaired) electrons. The SMILES string of the molecule is CC(=O)O[C@H]1C(=O)[C@@]2(C)[C@H]([C@H](OC(=O)c3ccccc3)[C@]3(O)C[C@H](OC(=O)[C@H](OC(=O)CC(O)C(=O)O)[C@@H](NC(=O)c4ccccc4)c4ccccc4)C(C)=C1C3(C)C)[C@]1(OC(C)=O)CO[C@@H]1C[C@@H]2O.[Na]. The molecule has 1 aliphatic heterocycles. The minimum absolute atomic E-state index is 0. The second-order valence-electron chi connectivity index (χ2n) is 18.9. The van der Waals surface area contributed by atoms with Crippen LogP contribution < -0.4 is 5.32 Å². The molecule has 4 aliphatic rings. The molecule has 1 saturated heterocycles. The number of nitrogens with one attached hydrogen (secondary N) is 1. The molecule has 2 saturated carbocycles. The predicted octanol–water partition coefficient (Wildman–Crippen LogP) is 2.74. The maximum Gasteiger partial charge on any atom is 0.350 e. The Morgan fingerprint density at radius 2 is 1.41 bits per heavy atom. The number of aliphatic carboxylic acids is 1. The van der Waals surface area contributed by atoms with Gasteiger partial charge in [-0.05, 0) is 54.8 Å². The third-order valence-corrected chi connectivity index (χ3v) is 14.4. The molecule has 2 bridgehead atoms. The molecule has 0 spiro atoms. The summed E-state index contributed by atoms with van der Waals surface area (Å²) in [6, 6.07) is 21.6. The van der Waals surface area contributed by atoms with Gasteiger partial charge in [0.25, 0.3) is 5.91 Å². The number of Topliss-reactive ketones (excluding diaryl/α,β-unsaturated/α-hetero) is 1. The number of fused-ring (bicyclic) bond motifs is 5. The normalized spacial score (nSPS) is 29.5. The first-order valence-electron chi connectivity index (χ1n) is 22.6. The molecule has 3 aromatic rings. The summed E-state index contributed by atoms with van der Waals surface area (Å²) in [4.78, 5) is 110. The Labute approximate surface area is 430 Å². The van der Waals surface area contributed by atoms with Gasteiger partial charge < -0.3 is 54.2 Å². The van der Waals surface area contributed by atoms with Crippen molar-refractivity contribution in [3.05, 3.63) is 119 Å². The number of carbonyl (C=O) groups excluding carboxylic acids is 7. The number of carboxylic acids is 1. The number of ketones is 1. The Morgan fingerprint density at radius 3 is 1.94 bits per heavy atom. The molecule has 5 N–H and O–H groups in total. The van der Waals surface area contributed by atoms with E-state index >= 15 is 9.59 Å². The van der Waals surface area contributed by atoms with Gasteiger partial charge in [0.05, 0.1) is 36.0 Å². The number of carboxylic acid groups (broad SMARTS) is 1. The molecule has 3 fully saturated rings. The van der Waals surface area contributed by atoms with Crippen LogP contribution in [0, 0.1) is 16.7 Å². The predicted molar refractivity (Wildman–Crippen MR) is 246 cm³/mol. The molecule has 1 unspecified atom stereocenters. The maximum atomic E-state index is 15.7. The smallest absolute Gasteiger partial charge is 0.350 e. The fraction of sp³-hybridized carbons (Fsp3) is 0.451. The van der Waals surface area contributed by atoms with Gasteiger partial charge in [0.1, 0.15) is 30.0 Å². The van der Waals surface area contributed by atoms with Crippen LogP contribution in [0.1, 0.15) is 93.1 Å². The van der Waals surface area contributed by atoms with Crippen molar-refractivity contribution >= 4 is 77.1 Å². The Hall–Kier alpha value is -5.80. The Kier molecular flexibility index (Phi) is 16.2. The molecular weight excluding hydrogens is 938 g/mol. The van der Waals surface area contributed by atoms with E-state index < -0.39 is 137 Å². The van der Waals surface area contributed by atoms with E-state index in [9.17, 15) is 49.2 Å². The van der Waals surface area contributed by atoms with E-state index in [1.165, 1.54) is 64.1 Å². The average Bonchev–Trinajstić information content (AvgIpc) is 3.31. The van der Waals surface area contributed by atoms with Crippen molar-refractivity contribution in [2.24, 2.45) is 16.7 Å². The summed E-state index contributed by atoms with van der Waals surface area (Å²) >= 11 is 0.